The molecule has 2 atom stereocenters. The second kappa shape index (κ2) is 26.5. The fourth-order valence-electron chi connectivity index (χ4n) is 3.86. The molecular weight excluding hydrogens is 508 g/mol. The average Bonchev–Trinajstić information content (AvgIpc) is 2.86. The van der Waals surface area contributed by atoms with Gasteiger partial charge in [-0.15, -0.1) is 12.6 Å². The summed E-state index contributed by atoms with van der Waals surface area (Å²) in [6, 6.07) is -1.89. The van der Waals surface area contributed by atoms with Gasteiger partial charge in [0.25, 0.3) is 0 Å². The number of nitrogens with one attached hydrogen (secondary N) is 2. The predicted molar refractivity (Wildman–Crippen MR) is 153 cm³/mol. The van der Waals surface area contributed by atoms with Crippen molar-refractivity contribution in [2.75, 3.05) is 0 Å². The van der Waals surface area contributed by atoms with Gasteiger partial charge in [-0.25, -0.2) is 4.79 Å². The fraction of sp³-hybridized carbons (Fsp3) is 0.821. The van der Waals surface area contributed by atoms with E-state index in [9.17, 15) is 29.1 Å². The largest absolute Gasteiger partial charge is 0.481 e. The normalized spacial score (nSPS) is 12.0. The average molecular weight is 561 g/mol. The van der Waals surface area contributed by atoms with E-state index in [0.29, 0.717) is 6.42 Å². The number of rotatable bonds is 24. The zero-order chi connectivity index (χ0) is 29.2. The number of amides is 2. The highest BCUT2D eigenvalue weighted by Crippen LogP contribution is 2.14. The van der Waals surface area contributed by atoms with E-state index < -0.39 is 35.0 Å². The standard InChI is InChI=1S/C26H46N2O7S.C2H6/c1-20(26(35)36)27-23(30)19-18-21(25(33)34)28-22(29)16-14-12-10-8-6-4-2-3-5-7-9-11-13-15-17-24(31)32;1-2/h20-21H,2-19H2,1H3,(H,27,30)(H,28,29)(H,31,32)(H,33,34)(H,35,36);1-2H3/t20?,21-;/m0./s1. The molecule has 0 aromatic carbocycles. The molecule has 2 amide bonds. The number of unbranched alkanes of at least 4 members (excludes halogenated alkanes) is 13. The molecule has 0 aliphatic rings. The Morgan fingerprint density at radius 2 is 0.974 bits per heavy atom. The zero-order valence-electron chi connectivity index (χ0n) is 23.8. The maximum Gasteiger partial charge on any atom is 0.326 e. The molecule has 0 bridgehead atoms. The van der Waals surface area contributed by atoms with Crippen molar-refractivity contribution in [2.24, 2.45) is 0 Å². The molecule has 38 heavy (non-hydrogen) atoms. The van der Waals surface area contributed by atoms with Crippen molar-refractivity contribution in [1.82, 2.24) is 10.6 Å². The minimum Gasteiger partial charge on any atom is -0.481 e. The van der Waals surface area contributed by atoms with Gasteiger partial charge >= 0.3 is 11.9 Å². The van der Waals surface area contributed by atoms with E-state index in [1.807, 2.05) is 13.8 Å². The topological polar surface area (TPSA) is 150 Å². The van der Waals surface area contributed by atoms with Crippen LogP contribution in [0.1, 0.15) is 136 Å². The summed E-state index contributed by atoms with van der Waals surface area (Å²) in [4.78, 5) is 56.7. The number of thiol groups is 1. The lowest BCUT2D eigenvalue weighted by Crippen LogP contribution is -2.42. The number of carboxylic acids is 2. The number of hydrogen-bond acceptors (Lipinski definition) is 5. The molecule has 0 aliphatic heterocycles. The molecule has 9 nitrogen and oxygen atoms in total. The molecular formula is C28H52N2O7S. The molecule has 4 N–H and O–H groups in total. The molecule has 222 valence electrons. The van der Waals surface area contributed by atoms with Crippen molar-refractivity contribution in [1.29, 1.82) is 0 Å². The molecule has 0 aromatic heterocycles. The van der Waals surface area contributed by atoms with Crippen LogP contribution < -0.4 is 10.6 Å². The lowest BCUT2D eigenvalue weighted by molar-refractivity contribution is -0.142. The Morgan fingerprint density at radius 3 is 1.34 bits per heavy atom. The second-order valence-corrected chi connectivity index (χ2v) is 9.91. The Morgan fingerprint density at radius 1 is 0.605 bits per heavy atom. The summed E-state index contributed by atoms with van der Waals surface area (Å²) in [7, 11) is 0. The van der Waals surface area contributed by atoms with E-state index in [-0.39, 0.29) is 31.6 Å². The summed E-state index contributed by atoms with van der Waals surface area (Å²) in [6.45, 7) is 5.49. The second-order valence-electron chi connectivity index (χ2n) is 9.47. The van der Waals surface area contributed by atoms with Crippen LogP contribution in [0, 0.1) is 0 Å². The Hall–Kier alpha value is -2.10. The van der Waals surface area contributed by atoms with E-state index in [4.69, 9.17) is 5.11 Å². The first kappa shape index (κ1) is 38.0. The third kappa shape index (κ3) is 25.5. The Kier molecular flexibility index (Phi) is 26.5. The quantitative estimate of drug-likeness (QED) is 0.0756. The van der Waals surface area contributed by atoms with Crippen molar-refractivity contribution in [3.8, 4) is 0 Å². The summed E-state index contributed by atoms with van der Waals surface area (Å²) in [5.74, 6) is -2.69. The van der Waals surface area contributed by atoms with E-state index in [1.165, 1.54) is 51.9 Å². The smallest absolute Gasteiger partial charge is 0.326 e. The SMILES string of the molecule is CC.CC(NC(=O)CC[C@H](NC(=O)CCCCCCCCCCCCCCCCC(=O)O)C(=O)O)C(=O)S. The maximum absolute atomic E-state index is 12.1. The summed E-state index contributed by atoms with van der Waals surface area (Å²) in [5.41, 5.74) is 0. The first-order valence-electron chi connectivity index (χ1n) is 14.4. The van der Waals surface area contributed by atoms with Crippen LogP contribution in [0.4, 0.5) is 0 Å². The van der Waals surface area contributed by atoms with Crippen molar-refractivity contribution in [3.05, 3.63) is 0 Å². The first-order chi connectivity index (χ1) is 18.1. The van der Waals surface area contributed by atoms with Crippen molar-refractivity contribution < 1.29 is 34.2 Å². The van der Waals surface area contributed by atoms with Crippen LogP contribution in [-0.2, 0) is 24.0 Å². The van der Waals surface area contributed by atoms with Gasteiger partial charge in [0.15, 0.2) is 0 Å². The summed E-state index contributed by atoms with van der Waals surface area (Å²) >= 11 is 3.63. The molecule has 0 aromatic rings. The molecule has 0 spiro atoms. The van der Waals surface area contributed by atoms with Gasteiger partial charge in [0.1, 0.15) is 6.04 Å². The molecule has 1 unspecified atom stereocenters. The first-order valence-corrected chi connectivity index (χ1v) is 14.8. The summed E-state index contributed by atoms with van der Waals surface area (Å²) in [5, 5.41) is 22.3. The van der Waals surface area contributed by atoms with E-state index in [1.54, 1.807) is 0 Å². The van der Waals surface area contributed by atoms with Crippen LogP contribution in [0.5, 0.6) is 0 Å². The Labute approximate surface area is 234 Å². The number of carboxylic acid groups (broad SMARTS) is 2. The van der Waals surface area contributed by atoms with Gasteiger partial charge in [0.2, 0.25) is 16.9 Å². The van der Waals surface area contributed by atoms with Crippen LogP contribution in [0.15, 0.2) is 0 Å². The van der Waals surface area contributed by atoms with E-state index in [2.05, 4.69) is 23.3 Å². The molecule has 0 heterocycles. The molecule has 0 radical (unpaired) electrons. The zero-order valence-corrected chi connectivity index (χ0v) is 24.7. The van der Waals surface area contributed by atoms with Crippen LogP contribution in [0.25, 0.3) is 0 Å². The van der Waals surface area contributed by atoms with Gasteiger partial charge in [-0.3, -0.25) is 19.2 Å². The highest BCUT2D eigenvalue weighted by molar-refractivity contribution is 7.96. The number of hydrogen-bond donors (Lipinski definition) is 5. The number of carbonyl (C=O) groups is 5. The Balaban J connectivity index is 0. The monoisotopic (exact) mass is 560 g/mol. The Bertz CT molecular complexity index is 674. The van der Waals surface area contributed by atoms with Gasteiger partial charge in [-0.05, 0) is 26.2 Å². The number of aliphatic carboxylic acids is 2. The lowest BCUT2D eigenvalue weighted by Gasteiger charge is -2.15. The summed E-state index contributed by atoms with van der Waals surface area (Å²) < 4.78 is 0. The molecule has 0 aliphatic carbocycles. The molecule has 0 saturated carbocycles. The van der Waals surface area contributed by atoms with E-state index >= 15 is 0 Å². The van der Waals surface area contributed by atoms with Crippen molar-refractivity contribution >= 4 is 41.5 Å². The third-order valence-corrected chi connectivity index (χ3v) is 6.47. The number of carbonyl (C=O) groups excluding carboxylic acids is 3. The van der Waals surface area contributed by atoms with Gasteiger partial charge in [0.05, 0.1) is 6.04 Å². The lowest BCUT2D eigenvalue weighted by atomic mass is 10.0. The predicted octanol–water partition coefficient (Wildman–Crippen LogP) is 5.65. The van der Waals surface area contributed by atoms with Gasteiger partial charge < -0.3 is 20.8 Å². The van der Waals surface area contributed by atoms with Crippen LogP contribution in [0.2, 0.25) is 0 Å². The minimum atomic E-state index is -1.19. The van der Waals surface area contributed by atoms with Crippen LogP contribution in [0.3, 0.4) is 0 Å². The van der Waals surface area contributed by atoms with Crippen LogP contribution >= 0.6 is 12.6 Å². The maximum atomic E-state index is 12.1. The van der Waals surface area contributed by atoms with Crippen LogP contribution in [-0.4, -0.2) is 51.2 Å². The molecule has 0 saturated heterocycles. The van der Waals surface area contributed by atoms with Crippen molar-refractivity contribution in [3.63, 3.8) is 0 Å². The molecule has 0 rings (SSSR count). The minimum absolute atomic E-state index is 0.0484. The molecule has 0 fully saturated rings. The van der Waals surface area contributed by atoms with E-state index in [0.717, 1.165) is 38.5 Å². The molecule has 10 heteroatoms. The van der Waals surface area contributed by atoms with Gasteiger partial charge in [-0.1, -0.05) is 90.9 Å². The van der Waals surface area contributed by atoms with Crippen molar-refractivity contribution in [2.45, 2.75) is 148 Å². The van der Waals surface area contributed by atoms with Gasteiger partial charge in [0, 0.05) is 19.3 Å². The highest BCUT2D eigenvalue weighted by atomic mass is 32.1. The fourth-order valence-corrected chi connectivity index (χ4v) is 3.92. The van der Waals surface area contributed by atoms with Gasteiger partial charge in [-0.2, -0.15) is 0 Å². The summed E-state index contributed by atoms with van der Waals surface area (Å²) in [6.07, 6.45) is 15.6. The third-order valence-electron chi connectivity index (χ3n) is 6.09. The highest BCUT2D eigenvalue weighted by Gasteiger charge is 2.21.